The van der Waals surface area contributed by atoms with Crippen molar-refractivity contribution in [1.82, 2.24) is 44.9 Å². The summed E-state index contributed by atoms with van der Waals surface area (Å²) in [5, 5.41) is 11.2. The second-order valence-electron chi connectivity index (χ2n) is 9.32. The molecular formula is C26H27ClN12. The van der Waals surface area contributed by atoms with Crippen molar-refractivity contribution in [1.29, 1.82) is 0 Å². The molecule has 6 aromatic rings. The summed E-state index contributed by atoms with van der Waals surface area (Å²) < 4.78 is 0. The highest BCUT2D eigenvalue weighted by Crippen LogP contribution is 2.29. The van der Waals surface area contributed by atoms with Gasteiger partial charge in [-0.05, 0) is 49.4 Å². The van der Waals surface area contributed by atoms with E-state index in [0.29, 0.717) is 29.3 Å². The minimum absolute atomic E-state index is 0. The fourth-order valence-corrected chi connectivity index (χ4v) is 4.18. The highest BCUT2D eigenvalue weighted by Gasteiger charge is 2.24. The van der Waals surface area contributed by atoms with Gasteiger partial charge in [0.15, 0.2) is 22.9 Å². The van der Waals surface area contributed by atoms with Crippen LogP contribution in [0.1, 0.15) is 33.1 Å². The van der Waals surface area contributed by atoms with Gasteiger partial charge in [-0.15, -0.1) is 0 Å². The Kier molecular flexibility index (Phi) is 6.53. The molecule has 2 aliphatic carbocycles. The van der Waals surface area contributed by atoms with E-state index in [1.54, 1.807) is 18.9 Å². The van der Waals surface area contributed by atoms with Gasteiger partial charge in [0, 0.05) is 17.5 Å². The van der Waals surface area contributed by atoms with E-state index in [1.165, 1.54) is 25.7 Å². The molecule has 39 heavy (non-hydrogen) atoms. The van der Waals surface area contributed by atoms with Crippen LogP contribution in [-0.2, 0) is 0 Å². The Balaban J connectivity index is 0.000000158. The summed E-state index contributed by atoms with van der Waals surface area (Å²) in [6.07, 6.45) is 9.75. The first-order chi connectivity index (χ1) is 18.7. The van der Waals surface area contributed by atoms with Gasteiger partial charge in [0.05, 0.1) is 30.1 Å². The van der Waals surface area contributed by atoms with Crippen LogP contribution in [0.4, 0.5) is 23.3 Å². The van der Waals surface area contributed by atoms with Crippen molar-refractivity contribution in [3.63, 3.8) is 0 Å². The first-order valence-electron chi connectivity index (χ1n) is 12.4. The number of imidazole rings is 2. The number of hydrogen-bond donors (Lipinski definition) is 5. The molecule has 8 rings (SSSR count). The number of pyridine rings is 1. The average molecular weight is 543 g/mol. The predicted octanol–water partition coefficient (Wildman–Crippen LogP) is 5.44. The number of aromatic amines is 2. The van der Waals surface area contributed by atoms with Crippen molar-refractivity contribution >= 4 is 68.1 Å². The normalized spacial score (nSPS) is 14.5. The van der Waals surface area contributed by atoms with Crippen molar-refractivity contribution in [2.24, 2.45) is 0 Å². The Bertz CT molecular complexity index is 1750. The molecule has 13 heteroatoms. The summed E-state index contributed by atoms with van der Waals surface area (Å²) in [5.41, 5.74) is 4.71. The Morgan fingerprint density at radius 2 is 1.41 bits per heavy atom. The van der Waals surface area contributed by atoms with Gasteiger partial charge in [-0.1, -0.05) is 25.6 Å². The molecular weight excluding hydrogens is 516 g/mol. The molecule has 5 N–H and O–H groups in total. The predicted molar refractivity (Wildman–Crippen MR) is 153 cm³/mol. The van der Waals surface area contributed by atoms with Gasteiger partial charge in [-0.25, -0.2) is 9.97 Å². The SMILES string of the molecule is C.Clc1nc(NC2CC2)c2[nH]cnc2n1.c1ccc2ncc(Nc3nc(NC4CC4)c4[nH]cnc4n3)cc2c1. The summed E-state index contributed by atoms with van der Waals surface area (Å²) >= 11 is 5.77. The van der Waals surface area contributed by atoms with E-state index in [9.17, 15) is 0 Å². The van der Waals surface area contributed by atoms with E-state index in [2.05, 4.69) is 60.8 Å². The van der Waals surface area contributed by atoms with Crippen LogP contribution in [-0.4, -0.2) is 56.9 Å². The zero-order valence-corrected chi connectivity index (χ0v) is 20.9. The van der Waals surface area contributed by atoms with Crippen molar-refractivity contribution < 1.29 is 0 Å². The van der Waals surface area contributed by atoms with Crippen LogP contribution in [0, 0.1) is 0 Å². The molecule has 0 amide bonds. The molecule has 12 nitrogen and oxygen atoms in total. The fraction of sp³-hybridized carbons (Fsp3) is 0.269. The van der Waals surface area contributed by atoms with Gasteiger partial charge < -0.3 is 25.9 Å². The molecule has 0 aliphatic heterocycles. The maximum atomic E-state index is 5.77. The summed E-state index contributed by atoms with van der Waals surface area (Å²) in [4.78, 5) is 36.0. The molecule has 0 spiro atoms. The van der Waals surface area contributed by atoms with Crippen LogP contribution in [0.15, 0.2) is 49.2 Å². The first kappa shape index (κ1) is 24.7. The Morgan fingerprint density at radius 3 is 2.10 bits per heavy atom. The maximum absolute atomic E-state index is 5.77. The molecule has 2 aliphatic rings. The third-order valence-electron chi connectivity index (χ3n) is 6.23. The number of para-hydroxylation sites is 1. The zero-order valence-electron chi connectivity index (χ0n) is 20.1. The van der Waals surface area contributed by atoms with E-state index in [0.717, 1.165) is 39.3 Å². The third kappa shape index (κ3) is 5.50. The van der Waals surface area contributed by atoms with Crippen LogP contribution in [0.5, 0.6) is 0 Å². The van der Waals surface area contributed by atoms with Crippen molar-refractivity contribution in [3.05, 3.63) is 54.5 Å². The number of H-pyrrole nitrogens is 2. The number of halogens is 1. The van der Waals surface area contributed by atoms with Gasteiger partial charge in [0.1, 0.15) is 11.0 Å². The number of benzene rings is 1. The number of hydrogen-bond acceptors (Lipinski definition) is 10. The molecule has 5 aromatic heterocycles. The lowest BCUT2D eigenvalue weighted by atomic mass is 10.2. The number of nitrogens with zero attached hydrogens (tertiary/aromatic N) is 7. The topological polar surface area (TPSA) is 158 Å². The van der Waals surface area contributed by atoms with E-state index in [4.69, 9.17) is 11.6 Å². The van der Waals surface area contributed by atoms with Crippen LogP contribution in [0.25, 0.3) is 33.2 Å². The van der Waals surface area contributed by atoms with Gasteiger partial charge in [0.2, 0.25) is 11.2 Å². The maximum Gasteiger partial charge on any atom is 0.231 e. The lowest BCUT2D eigenvalue weighted by molar-refractivity contribution is 1.10. The molecule has 0 atom stereocenters. The number of aromatic nitrogens is 9. The largest absolute Gasteiger partial charge is 0.365 e. The minimum atomic E-state index is 0. The van der Waals surface area contributed by atoms with Crippen molar-refractivity contribution in [2.75, 3.05) is 16.0 Å². The number of rotatable bonds is 6. The molecule has 0 bridgehead atoms. The molecule has 1 aromatic carbocycles. The zero-order chi connectivity index (χ0) is 25.5. The number of anilines is 4. The highest BCUT2D eigenvalue weighted by atomic mass is 35.5. The van der Waals surface area contributed by atoms with Crippen LogP contribution < -0.4 is 16.0 Å². The lowest BCUT2D eigenvalue weighted by Crippen LogP contribution is -2.07. The summed E-state index contributed by atoms with van der Waals surface area (Å²) in [7, 11) is 0. The quantitative estimate of drug-likeness (QED) is 0.172. The monoisotopic (exact) mass is 542 g/mol. The van der Waals surface area contributed by atoms with E-state index in [-0.39, 0.29) is 12.7 Å². The minimum Gasteiger partial charge on any atom is -0.365 e. The molecule has 0 saturated heterocycles. The number of fused-ring (bicyclic) bond motifs is 3. The summed E-state index contributed by atoms with van der Waals surface area (Å²) in [5.74, 6) is 2.05. The number of nitrogens with one attached hydrogen (secondary N) is 5. The van der Waals surface area contributed by atoms with E-state index >= 15 is 0 Å². The smallest absolute Gasteiger partial charge is 0.231 e. The van der Waals surface area contributed by atoms with Crippen molar-refractivity contribution in [3.8, 4) is 0 Å². The fourth-order valence-electron chi connectivity index (χ4n) is 4.02. The highest BCUT2D eigenvalue weighted by molar-refractivity contribution is 6.28. The average Bonchev–Trinajstić information content (AvgIpc) is 3.82. The van der Waals surface area contributed by atoms with E-state index in [1.807, 2.05) is 30.3 Å². The molecule has 0 radical (unpaired) electrons. The Hall–Kier alpha value is -4.58. The third-order valence-corrected chi connectivity index (χ3v) is 6.40. The second-order valence-corrected chi connectivity index (χ2v) is 9.66. The lowest BCUT2D eigenvalue weighted by Gasteiger charge is -2.09. The Morgan fingerprint density at radius 1 is 0.769 bits per heavy atom. The van der Waals surface area contributed by atoms with E-state index < -0.39 is 0 Å². The summed E-state index contributed by atoms with van der Waals surface area (Å²) in [6.45, 7) is 0. The first-order valence-corrected chi connectivity index (χ1v) is 12.8. The molecule has 198 valence electrons. The van der Waals surface area contributed by atoms with Gasteiger partial charge in [-0.2, -0.15) is 19.9 Å². The molecule has 5 heterocycles. The standard InChI is InChI=1S/C17H15N7.C8H8ClN5.CH4/c1-2-4-13-10(3-1)7-12(8-18-13)22-17-23-15-14(19-9-20-15)16(24-17)21-11-5-6-11;9-8-13-6-5(10-3-11-6)7(14-8)12-4-1-2-4;/h1-4,7-9,11H,5-6H2,(H3,19,20,21,22,23,24);3-4H,1-2H2,(H2,10,11,12,13,14);1H4. The molecule has 2 fully saturated rings. The Labute approximate surface area is 228 Å². The van der Waals surface area contributed by atoms with Gasteiger partial charge in [0.25, 0.3) is 0 Å². The molecule has 0 unspecified atom stereocenters. The second kappa shape index (κ2) is 10.3. The van der Waals surface area contributed by atoms with Crippen LogP contribution in [0.3, 0.4) is 0 Å². The van der Waals surface area contributed by atoms with Gasteiger partial charge >= 0.3 is 0 Å². The van der Waals surface area contributed by atoms with Crippen molar-refractivity contribution in [2.45, 2.75) is 45.2 Å². The molecule has 2 saturated carbocycles. The van der Waals surface area contributed by atoms with Crippen LogP contribution >= 0.6 is 11.6 Å². The van der Waals surface area contributed by atoms with Gasteiger partial charge in [-0.3, -0.25) is 4.98 Å². The summed E-state index contributed by atoms with van der Waals surface area (Å²) in [6, 6.07) is 11.1. The van der Waals surface area contributed by atoms with Crippen LogP contribution in [0.2, 0.25) is 5.28 Å².